The minimum atomic E-state index is -5.42. The van der Waals surface area contributed by atoms with Gasteiger partial charge in [-0.3, -0.25) is 0 Å². The summed E-state index contributed by atoms with van der Waals surface area (Å²) in [4.78, 5) is 0. The van der Waals surface area contributed by atoms with Crippen LogP contribution in [0.15, 0.2) is 29.4 Å². The molecule has 10 heteroatoms. The Labute approximate surface area is 173 Å². The summed E-state index contributed by atoms with van der Waals surface area (Å²) in [5.74, 6) is 0. The fraction of sp³-hybridized carbons (Fsp3) is 0.600. The van der Waals surface area contributed by atoms with E-state index in [0.29, 0.717) is 11.5 Å². The normalized spacial score (nSPS) is 30.5. The maximum absolute atomic E-state index is 5.95. The van der Waals surface area contributed by atoms with Gasteiger partial charge in [0.2, 0.25) is 5.69 Å². The van der Waals surface area contributed by atoms with Crippen molar-refractivity contribution in [2.75, 3.05) is 0 Å². The molecule has 1 saturated carbocycles. The van der Waals surface area contributed by atoms with Crippen molar-refractivity contribution in [3.05, 3.63) is 29.3 Å². The van der Waals surface area contributed by atoms with Crippen LogP contribution in [0.1, 0.15) is 40.0 Å². The van der Waals surface area contributed by atoms with Gasteiger partial charge in [-0.15, -0.1) is 0 Å². The topological polar surface area (TPSA) is 15.4 Å². The average Bonchev–Trinajstić information content (AvgIpc) is 2.55. The minimum absolute atomic E-state index is 0.117. The van der Waals surface area contributed by atoms with Gasteiger partial charge in [0.15, 0.2) is 6.04 Å². The van der Waals surface area contributed by atoms with Crippen molar-refractivity contribution in [2.45, 2.75) is 51.6 Å². The van der Waals surface area contributed by atoms with Crippen LogP contribution in [-0.2, 0) is 0 Å². The number of hydrogen-bond acceptors (Lipinski definition) is 1. The second kappa shape index (κ2) is 6.59. The van der Waals surface area contributed by atoms with Crippen LogP contribution in [0.4, 0.5) is 5.69 Å². The third-order valence-corrected chi connectivity index (χ3v) is 4.36. The third kappa shape index (κ3) is 8.69. The first kappa shape index (κ1) is 23.0. The average molecular weight is 598 g/mol. The summed E-state index contributed by atoms with van der Waals surface area (Å²) < 4.78 is 2.23. The van der Waals surface area contributed by atoms with Crippen molar-refractivity contribution in [1.82, 2.24) is 0 Å². The first-order valence-electron chi connectivity index (χ1n) is 7.66. The SMILES string of the molecule is CC1(C)C[C@@H]2C[C@](C)(C1)N=[N+]2c1ccc(Cl)cc1.[Cl][Sb-]([Cl])([Cl])([Cl])([Cl])[Cl]. The summed E-state index contributed by atoms with van der Waals surface area (Å²) in [7, 11) is 25.0. The Morgan fingerprint density at radius 1 is 0.960 bits per heavy atom. The molecule has 1 fully saturated rings. The molecule has 2 atom stereocenters. The predicted molar refractivity (Wildman–Crippen MR) is 114 cm³/mol. The molecule has 25 heavy (non-hydrogen) atoms. The van der Waals surface area contributed by atoms with Gasteiger partial charge in [-0.05, 0) is 36.0 Å². The molecule has 0 unspecified atom stereocenters. The predicted octanol–water partition coefficient (Wildman–Crippen LogP) is 8.54. The standard InChI is InChI=1S/C15H20ClN2.6ClH.Sb/c1-14(2)8-13-9-15(3,10-14)17-18(13)12-6-4-11(16)5-7-12;;;;;;;/h4-7,13H,8-10H2,1-3H3;6*1H;/q+1;;;;;;;+5/p-6/t13-,15-;;;;;;;/m1......./s1. The number of hydrogen-bond donors (Lipinski definition) is 0. The summed E-state index contributed by atoms with van der Waals surface area (Å²) in [6, 6.07) is 8.58. The van der Waals surface area contributed by atoms with E-state index in [1.54, 1.807) is 0 Å². The van der Waals surface area contributed by atoms with Crippen molar-refractivity contribution < 1.29 is 4.70 Å². The molecule has 0 spiro atoms. The fourth-order valence-electron chi connectivity index (χ4n) is 3.85. The van der Waals surface area contributed by atoms with Gasteiger partial charge in [0.1, 0.15) is 5.54 Å². The van der Waals surface area contributed by atoms with Crippen LogP contribution in [0, 0.1) is 5.41 Å². The number of nitrogens with zero attached hydrogens (tertiary/aromatic N) is 2. The second-order valence-corrected chi connectivity index (χ2v) is 65.1. The Morgan fingerprint density at radius 2 is 1.44 bits per heavy atom. The van der Waals surface area contributed by atoms with Gasteiger partial charge in [-0.2, -0.15) is 0 Å². The van der Waals surface area contributed by atoms with E-state index >= 15 is 0 Å². The Hall–Kier alpha value is 1.67. The van der Waals surface area contributed by atoms with E-state index in [1.807, 2.05) is 12.1 Å². The Balaban J connectivity index is 0.000000277. The summed E-state index contributed by atoms with van der Waals surface area (Å²) in [5, 5.41) is 5.75. The first-order chi connectivity index (χ1) is 10.8. The summed E-state index contributed by atoms with van der Waals surface area (Å²) >= 11 is 5.95. The summed E-state index contributed by atoms with van der Waals surface area (Å²) in [6.07, 6.45) is 3.58. The van der Waals surface area contributed by atoms with Crippen molar-refractivity contribution in [3.8, 4) is 0 Å². The molecule has 2 nitrogen and oxygen atoms in total. The molecule has 2 aliphatic rings. The zero-order valence-corrected chi connectivity index (χ0v) is 21.8. The van der Waals surface area contributed by atoms with Crippen molar-refractivity contribution in [2.24, 2.45) is 10.5 Å². The monoisotopic (exact) mass is 594 g/mol. The molecule has 0 N–H and O–H groups in total. The quantitative estimate of drug-likeness (QED) is 0.228. The molecule has 1 aliphatic heterocycles. The Bertz CT molecular complexity index is 683. The van der Waals surface area contributed by atoms with Gasteiger partial charge in [0.25, 0.3) is 0 Å². The second-order valence-electron chi connectivity index (χ2n) is 7.78. The number of rotatable bonds is 1. The molecule has 1 aliphatic carbocycles. The molecule has 1 aromatic carbocycles. The number of halogens is 7. The van der Waals surface area contributed by atoms with Gasteiger partial charge in [-0.25, -0.2) is 0 Å². The molecule has 0 amide bonds. The van der Waals surface area contributed by atoms with Crippen LogP contribution in [0.25, 0.3) is 0 Å². The van der Waals surface area contributed by atoms with E-state index in [4.69, 9.17) is 69.7 Å². The molecule has 0 saturated heterocycles. The van der Waals surface area contributed by atoms with Gasteiger partial charge in [0, 0.05) is 30.0 Å². The van der Waals surface area contributed by atoms with E-state index in [-0.39, 0.29) is 5.54 Å². The molecule has 0 radical (unpaired) electrons. The molecule has 144 valence electrons. The van der Waals surface area contributed by atoms with Crippen LogP contribution in [0.2, 0.25) is 5.02 Å². The van der Waals surface area contributed by atoms with Gasteiger partial charge in [-0.1, -0.05) is 30.1 Å². The number of azo groups is 2. The van der Waals surface area contributed by atoms with Crippen molar-refractivity contribution in [1.29, 1.82) is 0 Å². The van der Waals surface area contributed by atoms with Crippen LogP contribution in [0.5, 0.6) is 0 Å². The molecule has 1 aromatic rings. The van der Waals surface area contributed by atoms with Crippen LogP contribution in [-0.4, -0.2) is 25.4 Å². The molecular formula is C15H20Cl7N2Sb. The van der Waals surface area contributed by atoms with E-state index in [2.05, 4.69) is 37.6 Å². The van der Waals surface area contributed by atoms with Crippen molar-refractivity contribution in [3.63, 3.8) is 0 Å². The van der Waals surface area contributed by atoms with Crippen LogP contribution >= 0.6 is 64.6 Å². The first-order valence-corrected chi connectivity index (χ1v) is 27.4. The molecule has 2 bridgehead atoms. The third-order valence-electron chi connectivity index (χ3n) is 4.11. The number of benzene rings is 1. The van der Waals surface area contributed by atoms with E-state index in [0.717, 1.165) is 5.02 Å². The fourth-order valence-corrected chi connectivity index (χ4v) is 3.97. The zero-order chi connectivity index (χ0) is 19.4. The summed E-state index contributed by atoms with van der Waals surface area (Å²) in [5.41, 5.74) is 1.68. The summed E-state index contributed by atoms with van der Waals surface area (Å²) in [6.45, 7) is 7.01. The van der Waals surface area contributed by atoms with E-state index in [1.165, 1.54) is 24.9 Å². The van der Waals surface area contributed by atoms with Gasteiger partial charge in [0.05, 0.1) is 0 Å². The number of fused-ring (bicyclic) bond motifs is 2. The molecule has 3 rings (SSSR count). The van der Waals surface area contributed by atoms with E-state index in [9.17, 15) is 0 Å². The van der Waals surface area contributed by atoms with Crippen molar-refractivity contribution >= 4 is 79.4 Å². The van der Waals surface area contributed by atoms with Crippen LogP contribution < -0.4 is 0 Å². The molecule has 0 aromatic heterocycles. The van der Waals surface area contributed by atoms with E-state index < -0.39 is 9.14 Å². The maximum atomic E-state index is 5.95. The molecular weight excluding hydrogens is 578 g/mol. The van der Waals surface area contributed by atoms with Gasteiger partial charge < -0.3 is 0 Å². The molecule has 1 heterocycles. The van der Waals surface area contributed by atoms with Crippen LogP contribution in [0.3, 0.4) is 0 Å². The Morgan fingerprint density at radius 3 is 1.92 bits per heavy atom. The Kier molecular flexibility index (Phi) is 6.05. The zero-order valence-electron chi connectivity index (χ0n) is 14.0. The van der Waals surface area contributed by atoms with Gasteiger partial charge >= 0.3 is 62.1 Å².